The van der Waals surface area contributed by atoms with E-state index in [1.165, 1.54) is 0 Å². The molecule has 0 saturated carbocycles. The van der Waals surface area contributed by atoms with Crippen LogP contribution in [-0.2, 0) is 14.4 Å². The van der Waals surface area contributed by atoms with Gasteiger partial charge in [-0.25, -0.2) is 9.69 Å². The van der Waals surface area contributed by atoms with E-state index >= 15 is 0 Å². The summed E-state index contributed by atoms with van der Waals surface area (Å²) < 4.78 is 0. The SMILES string of the molecule is CN1C(=O)C(=O)N(CC(N)=O)C1=O. The van der Waals surface area contributed by atoms with Crippen LogP contribution in [-0.4, -0.2) is 47.1 Å². The number of urea groups is 1. The maximum atomic E-state index is 11.1. The molecule has 1 aliphatic heterocycles. The third-order valence-electron chi connectivity index (χ3n) is 1.56. The minimum atomic E-state index is -1.02. The number of nitrogens with zero attached hydrogens (tertiary/aromatic N) is 2. The van der Waals surface area contributed by atoms with Gasteiger partial charge in [-0.3, -0.25) is 19.3 Å². The zero-order chi connectivity index (χ0) is 10.2. The van der Waals surface area contributed by atoms with E-state index in [0.717, 1.165) is 7.05 Å². The first kappa shape index (κ1) is 9.17. The molecule has 5 amide bonds. The first-order valence-corrected chi connectivity index (χ1v) is 3.37. The number of rotatable bonds is 2. The van der Waals surface area contributed by atoms with E-state index in [1.54, 1.807) is 0 Å². The Balaban J connectivity index is 2.88. The van der Waals surface area contributed by atoms with E-state index in [-0.39, 0.29) is 0 Å². The summed E-state index contributed by atoms with van der Waals surface area (Å²) in [5, 5.41) is 0. The predicted molar refractivity (Wildman–Crippen MR) is 39.1 cm³/mol. The summed E-state index contributed by atoms with van der Waals surface area (Å²) in [7, 11) is 1.16. The molecule has 2 N–H and O–H groups in total. The Bertz CT molecular complexity index is 311. The van der Waals surface area contributed by atoms with Crippen molar-refractivity contribution >= 4 is 23.8 Å². The van der Waals surface area contributed by atoms with Crippen LogP contribution in [0.4, 0.5) is 4.79 Å². The molecule has 7 nitrogen and oxygen atoms in total. The van der Waals surface area contributed by atoms with Gasteiger partial charge < -0.3 is 5.73 Å². The van der Waals surface area contributed by atoms with Gasteiger partial charge in [0.25, 0.3) is 0 Å². The number of imide groups is 2. The summed E-state index contributed by atoms with van der Waals surface area (Å²) in [5.41, 5.74) is 4.77. The molecule has 7 heteroatoms. The summed E-state index contributed by atoms with van der Waals surface area (Å²) in [4.78, 5) is 44.4. The number of likely N-dealkylation sites (N-methyl/N-ethyl adjacent to an activating group) is 1. The lowest BCUT2D eigenvalue weighted by molar-refractivity contribution is -0.143. The van der Waals surface area contributed by atoms with Gasteiger partial charge in [0.2, 0.25) is 5.91 Å². The van der Waals surface area contributed by atoms with E-state index in [2.05, 4.69) is 0 Å². The van der Waals surface area contributed by atoms with Gasteiger partial charge >= 0.3 is 17.8 Å². The number of amides is 5. The molecule has 0 aliphatic carbocycles. The number of carbonyl (C=O) groups is 4. The van der Waals surface area contributed by atoms with Crippen molar-refractivity contribution in [3.63, 3.8) is 0 Å². The third-order valence-corrected chi connectivity index (χ3v) is 1.56. The number of hydrogen-bond acceptors (Lipinski definition) is 4. The molecule has 0 unspecified atom stereocenters. The van der Waals surface area contributed by atoms with Gasteiger partial charge in [0.05, 0.1) is 0 Å². The zero-order valence-electron chi connectivity index (χ0n) is 6.81. The van der Waals surface area contributed by atoms with E-state index in [1.807, 2.05) is 0 Å². The Labute approximate surface area is 73.1 Å². The van der Waals surface area contributed by atoms with Crippen LogP contribution >= 0.6 is 0 Å². The van der Waals surface area contributed by atoms with Crippen LogP contribution in [0.15, 0.2) is 0 Å². The average molecular weight is 185 g/mol. The summed E-state index contributed by atoms with van der Waals surface area (Å²) >= 11 is 0. The smallest absolute Gasteiger partial charge is 0.334 e. The summed E-state index contributed by atoms with van der Waals surface area (Å²) in [6, 6.07) is -0.825. The topological polar surface area (TPSA) is 101 Å². The van der Waals surface area contributed by atoms with Crippen molar-refractivity contribution in [1.29, 1.82) is 0 Å². The standard InChI is InChI=1S/C6H7N3O4/c1-8-4(11)5(12)9(6(8)13)2-3(7)10/h2H2,1H3,(H2,7,10). The first-order valence-electron chi connectivity index (χ1n) is 3.37. The molecule has 0 atom stereocenters. The lowest BCUT2D eigenvalue weighted by Gasteiger charge is -2.09. The highest BCUT2D eigenvalue weighted by atomic mass is 16.2. The van der Waals surface area contributed by atoms with Crippen LogP contribution in [0.3, 0.4) is 0 Å². The van der Waals surface area contributed by atoms with Crippen LogP contribution in [0.5, 0.6) is 0 Å². The average Bonchev–Trinajstić information content (AvgIpc) is 2.22. The molecule has 1 saturated heterocycles. The monoisotopic (exact) mass is 185 g/mol. The van der Waals surface area contributed by atoms with Crippen molar-refractivity contribution in [2.45, 2.75) is 0 Å². The summed E-state index contributed by atoms with van der Waals surface area (Å²) in [5.74, 6) is -2.82. The quantitative estimate of drug-likeness (QED) is 0.393. The van der Waals surface area contributed by atoms with Crippen LogP contribution in [0, 0.1) is 0 Å². The van der Waals surface area contributed by atoms with E-state index in [4.69, 9.17) is 5.73 Å². The molecule has 13 heavy (non-hydrogen) atoms. The van der Waals surface area contributed by atoms with Gasteiger partial charge in [0, 0.05) is 7.05 Å². The molecule has 70 valence electrons. The number of carbonyl (C=O) groups excluding carboxylic acids is 4. The molecular weight excluding hydrogens is 178 g/mol. The summed E-state index contributed by atoms with van der Waals surface area (Å²) in [6.45, 7) is -0.562. The van der Waals surface area contributed by atoms with Gasteiger partial charge in [-0.2, -0.15) is 0 Å². The van der Waals surface area contributed by atoms with Crippen LogP contribution in [0.2, 0.25) is 0 Å². The summed E-state index contributed by atoms with van der Waals surface area (Å²) in [6.07, 6.45) is 0. The molecule has 1 fully saturated rings. The first-order chi connectivity index (χ1) is 5.95. The van der Waals surface area contributed by atoms with Gasteiger partial charge in [-0.15, -0.1) is 0 Å². The Morgan fingerprint density at radius 3 is 2.15 bits per heavy atom. The van der Waals surface area contributed by atoms with Crippen molar-refractivity contribution in [1.82, 2.24) is 9.80 Å². The third kappa shape index (κ3) is 1.35. The van der Waals surface area contributed by atoms with Gasteiger partial charge in [0.15, 0.2) is 0 Å². The second kappa shape index (κ2) is 2.85. The Kier molecular flexibility index (Phi) is 2.01. The molecule has 0 aromatic carbocycles. The molecule has 0 spiro atoms. The van der Waals surface area contributed by atoms with Crippen molar-refractivity contribution in [2.75, 3.05) is 13.6 Å². The van der Waals surface area contributed by atoms with Crippen LogP contribution in [0.1, 0.15) is 0 Å². The number of hydrogen-bond donors (Lipinski definition) is 1. The Hall–Kier alpha value is -1.92. The number of primary amides is 1. The molecule has 1 rings (SSSR count). The second-order valence-corrected chi connectivity index (χ2v) is 2.50. The molecule has 0 bridgehead atoms. The molecule has 0 radical (unpaired) electrons. The fraction of sp³-hybridized carbons (Fsp3) is 0.333. The fourth-order valence-electron chi connectivity index (χ4n) is 0.909. The minimum absolute atomic E-state index is 0.505. The minimum Gasteiger partial charge on any atom is -0.368 e. The number of nitrogens with two attached hydrogens (primary N) is 1. The molecule has 0 aromatic rings. The van der Waals surface area contributed by atoms with Crippen molar-refractivity contribution in [3.8, 4) is 0 Å². The normalized spacial score (nSPS) is 17.2. The highest BCUT2D eigenvalue weighted by Gasteiger charge is 2.42. The van der Waals surface area contributed by atoms with Crippen molar-refractivity contribution in [2.24, 2.45) is 5.73 Å². The molecule has 1 aliphatic rings. The van der Waals surface area contributed by atoms with Gasteiger partial charge in [0.1, 0.15) is 6.54 Å². The maximum Gasteiger partial charge on any atom is 0.334 e. The van der Waals surface area contributed by atoms with E-state index in [9.17, 15) is 19.2 Å². The molecule has 1 heterocycles. The Morgan fingerprint density at radius 1 is 1.31 bits per heavy atom. The lowest BCUT2D eigenvalue weighted by atomic mass is 10.5. The van der Waals surface area contributed by atoms with E-state index in [0.29, 0.717) is 9.80 Å². The fourth-order valence-corrected chi connectivity index (χ4v) is 0.909. The van der Waals surface area contributed by atoms with Gasteiger partial charge in [-0.1, -0.05) is 0 Å². The highest BCUT2D eigenvalue weighted by Crippen LogP contribution is 2.08. The predicted octanol–water partition coefficient (Wildman–Crippen LogP) is -2.11. The van der Waals surface area contributed by atoms with Crippen molar-refractivity contribution < 1.29 is 19.2 Å². The van der Waals surface area contributed by atoms with E-state index < -0.39 is 30.3 Å². The zero-order valence-corrected chi connectivity index (χ0v) is 6.81. The largest absolute Gasteiger partial charge is 0.368 e. The second-order valence-electron chi connectivity index (χ2n) is 2.50. The molecule has 0 aromatic heterocycles. The Morgan fingerprint density at radius 2 is 1.85 bits per heavy atom. The maximum absolute atomic E-state index is 11.1. The highest BCUT2D eigenvalue weighted by molar-refractivity contribution is 6.44. The van der Waals surface area contributed by atoms with Crippen molar-refractivity contribution in [3.05, 3.63) is 0 Å². The van der Waals surface area contributed by atoms with Gasteiger partial charge in [-0.05, 0) is 0 Å². The van der Waals surface area contributed by atoms with Crippen LogP contribution in [0.25, 0.3) is 0 Å². The molecular formula is C6H7N3O4. The lowest BCUT2D eigenvalue weighted by Crippen LogP contribution is -2.38. The van der Waals surface area contributed by atoms with Crippen LogP contribution < -0.4 is 5.73 Å².